The van der Waals surface area contributed by atoms with E-state index < -0.39 is 16.4 Å². The summed E-state index contributed by atoms with van der Waals surface area (Å²) in [6.45, 7) is 1.83. The molecule has 7 nitrogen and oxygen atoms in total. The molecule has 0 bridgehead atoms. The van der Waals surface area contributed by atoms with E-state index in [1.807, 2.05) is 6.92 Å². The molecular formula is C17H12ClN3O4S. The lowest BCUT2D eigenvalue weighted by Gasteiger charge is -2.02. The molecule has 1 fully saturated rings. The van der Waals surface area contributed by atoms with Crippen molar-refractivity contribution >= 4 is 51.9 Å². The lowest BCUT2D eigenvalue weighted by Crippen LogP contribution is -2.19. The SMILES string of the molecule is Cc1c(Cl)cccc1N=C1NC(=O)/C(=C/c2ccc(O)c([N+](=O)[O-])c2)S1. The maximum Gasteiger partial charge on any atom is 0.311 e. The van der Waals surface area contributed by atoms with E-state index in [4.69, 9.17) is 11.6 Å². The first-order valence-corrected chi connectivity index (χ1v) is 8.56. The Labute approximate surface area is 157 Å². The second-order valence-electron chi connectivity index (χ2n) is 5.37. The van der Waals surface area contributed by atoms with Crippen molar-refractivity contribution in [3.05, 3.63) is 67.6 Å². The largest absolute Gasteiger partial charge is 0.502 e. The van der Waals surface area contributed by atoms with Gasteiger partial charge in [-0.1, -0.05) is 23.7 Å². The fourth-order valence-electron chi connectivity index (χ4n) is 2.23. The third-order valence-electron chi connectivity index (χ3n) is 3.61. The molecule has 3 rings (SSSR count). The number of carbonyl (C=O) groups is 1. The Morgan fingerprint density at radius 3 is 2.85 bits per heavy atom. The van der Waals surface area contributed by atoms with Crippen LogP contribution < -0.4 is 5.32 Å². The van der Waals surface area contributed by atoms with Gasteiger partial charge in [-0.2, -0.15) is 0 Å². The van der Waals surface area contributed by atoms with Gasteiger partial charge in [-0.25, -0.2) is 4.99 Å². The van der Waals surface area contributed by atoms with Gasteiger partial charge in [-0.3, -0.25) is 14.9 Å². The molecule has 0 aromatic heterocycles. The number of nitro benzene ring substituents is 1. The van der Waals surface area contributed by atoms with Crippen LogP contribution in [-0.4, -0.2) is 21.1 Å². The van der Waals surface area contributed by atoms with E-state index in [0.29, 0.717) is 26.3 Å². The van der Waals surface area contributed by atoms with Crippen LogP contribution in [0.1, 0.15) is 11.1 Å². The highest BCUT2D eigenvalue weighted by Crippen LogP contribution is 2.32. The van der Waals surface area contributed by atoms with Crippen molar-refractivity contribution in [1.29, 1.82) is 0 Å². The van der Waals surface area contributed by atoms with Crippen LogP contribution in [0.15, 0.2) is 46.3 Å². The van der Waals surface area contributed by atoms with Gasteiger partial charge in [0.1, 0.15) is 0 Å². The molecule has 1 heterocycles. The highest BCUT2D eigenvalue weighted by atomic mass is 35.5. The Balaban J connectivity index is 1.89. The number of rotatable bonds is 3. The minimum Gasteiger partial charge on any atom is -0.502 e. The summed E-state index contributed by atoms with van der Waals surface area (Å²) < 4.78 is 0. The standard InChI is InChI=1S/C17H12ClN3O4S/c1-9-11(18)3-2-4-12(9)19-17-20-16(23)15(26-17)8-10-5-6-14(22)13(7-10)21(24)25/h2-8,22H,1H3,(H,19,20,23)/b15-8-. The number of phenolic OH excluding ortho intramolecular Hbond substituents is 1. The summed E-state index contributed by atoms with van der Waals surface area (Å²) in [7, 11) is 0. The molecule has 2 aromatic carbocycles. The van der Waals surface area contributed by atoms with E-state index in [0.717, 1.165) is 17.3 Å². The van der Waals surface area contributed by atoms with Crippen molar-refractivity contribution in [2.24, 2.45) is 4.99 Å². The molecule has 1 amide bonds. The van der Waals surface area contributed by atoms with Crippen LogP contribution in [0.2, 0.25) is 5.02 Å². The number of halogens is 1. The third kappa shape index (κ3) is 3.71. The Morgan fingerprint density at radius 2 is 2.12 bits per heavy atom. The van der Waals surface area contributed by atoms with Crippen molar-refractivity contribution in [2.75, 3.05) is 0 Å². The van der Waals surface area contributed by atoms with Crippen molar-refractivity contribution < 1.29 is 14.8 Å². The van der Waals surface area contributed by atoms with E-state index in [1.54, 1.807) is 18.2 Å². The number of phenols is 1. The number of hydrogen-bond acceptors (Lipinski definition) is 6. The first kappa shape index (κ1) is 18.0. The van der Waals surface area contributed by atoms with E-state index in [2.05, 4.69) is 10.3 Å². The molecule has 132 valence electrons. The van der Waals surface area contributed by atoms with E-state index in [9.17, 15) is 20.0 Å². The Bertz CT molecular complexity index is 988. The summed E-state index contributed by atoms with van der Waals surface area (Å²) in [4.78, 5) is 27.1. The number of thioether (sulfide) groups is 1. The van der Waals surface area contributed by atoms with Gasteiger partial charge in [0.15, 0.2) is 10.9 Å². The van der Waals surface area contributed by atoms with Gasteiger partial charge in [-0.05, 0) is 54.1 Å². The zero-order valence-corrected chi connectivity index (χ0v) is 15.0. The van der Waals surface area contributed by atoms with E-state index in [-0.39, 0.29) is 5.91 Å². The number of carbonyl (C=O) groups excluding carboxylic acids is 1. The average Bonchev–Trinajstić information content (AvgIpc) is 2.93. The average molecular weight is 390 g/mol. The Hall–Kier alpha value is -2.84. The fourth-order valence-corrected chi connectivity index (χ4v) is 3.24. The monoisotopic (exact) mass is 389 g/mol. The van der Waals surface area contributed by atoms with Gasteiger partial charge in [0, 0.05) is 11.1 Å². The molecular weight excluding hydrogens is 378 g/mol. The van der Waals surface area contributed by atoms with E-state index in [1.165, 1.54) is 24.3 Å². The number of hydrogen-bond donors (Lipinski definition) is 2. The molecule has 1 aliphatic heterocycles. The molecule has 0 unspecified atom stereocenters. The molecule has 0 aliphatic carbocycles. The van der Waals surface area contributed by atoms with Crippen LogP contribution in [0.25, 0.3) is 6.08 Å². The van der Waals surface area contributed by atoms with Gasteiger partial charge in [-0.15, -0.1) is 0 Å². The van der Waals surface area contributed by atoms with Crippen LogP contribution in [0.5, 0.6) is 5.75 Å². The first-order valence-electron chi connectivity index (χ1n) is 7.37. The summed E-state index contributed by atoms with van der Waals surface area (Å²) >= 11 is 7.18. The molecule has 0 spiro atoms. The molecule has 2 aromatic rings. The van der Waals surface area contributed by atoms with Crippen LogP contribution >= 0.6 is 23.4 Å². The summed E-state index contributed by atoms with van der Waals surface area (Å²) in [5.41, 5.74) is 1.43. The van der Waals surface area contributed by atoms with Crippen molar-refractivity contribution in [3.8, 4) is 5.75 Å². The predicted molar refractivity (Wildman–Crippen MR) is 102 cm³/mol. The zero-order chi connectivity index (χ0) is 18.8. The fraction of sp³-hybridized carbons (Fsp3) is 0.0588. The lowest BCUT2D eigenvalue weighted by molar-refractivity contribution is -0.385. The van der Waals surface area contributed by atoms with Crippen LogP contribution in [-0.2, 0) is 4.79 Å². The normalized spacial score (nSPS) is 16.9. The highest BCUT2D eigenvalue weighted by Gasteiger charge is 2.24. The highest BCUT2D eigenvalue weighted by molar-refractivity contribution is 8.18. The number of nitrogens with zero attached hydrogens (tertiary/aromatic N) is 2. The van der Waals surface area contributed by atoms with E-state index >= 15 is 0 Å². The quantitative estimate of drug-likeness (QED) is 0.466. The molecule has 26 heavy (non-hydrogen) atoms. The smallest absolute Gasteiger partial charge is 0.311 e. The minimum absolute atomic E-state index is 0.336. The second kappa shape index (κ2) is 7.19. The number of amidine groups is 1. The third-order valence-corrected chi connectivity index (χ3v) is 4.93. The van der Waals surface area contributed by atoms with Crippen molar-refractivity contribution in [3.63, 3.8) is 0 Å². The Morgan fingerprint density at radius 1 is 1.35 bits per heavy atom. The molecule has 9 heteroatoms. The maximum absolute atomic E-state index is 12.1. The molecule has 2 N–H and O–H groups in total. The maximum atomic E-state index is 12.1. The number of aromatic hydroxyl groups is 1. The predicted octanol–water partition coefficient (Wildman–Crippen LogP) is 4.15. The van der Waals surface area contributed by atoms with Gasteiger partial charge in [0.05, 0.1) is 15.5 Å². The van der Waals surface area contributed by atoms with Gasteiger partial charge < -0.3 is 10.4 Å². The van der Waals surface area contributed by atoms with Gasteiger partial charge in [0.2, 0.25) is 0 Å². The van der Waals surface area contributed by atoms with Crippen molar-refractivity contribution in [1.82, 2.24) is 5.32 Å². The van der Waals surface area contributed by atoms with Gasteiger partial charge in [0.25, 0.3) is 5.91 Å². The minimum atomic E-state index is -0.686. The molecule has 0 radical (unpaired) electrons. The van der Waals surface area contributed by atoms with Crippen LogP contribution in [0.3, 0.4) is 0 Å². The summed E-state index contributed by atoms with van der Waals surface area (Å²) in [5.74, 6) is -0.788. The van der Waals surface area contributed by atoms with Crippen LogP contribution in [0, 0.1) is 17.0 Å². The van der Waals surface area contributed by atoms with Crippen LogP contribution in [0.4, 0.5) is 11.4 Å². The first-order chi connectivity index (χ1) is 12.3. The summed E-state index contributed by atoms with van der Waals surface area (Å²) in [6.07, 6.45) is 1.50. The number of benzene rings is 2. The number of amides is 1. The molecule has 1 aliphatic rings. The molecule has 0 atom stereocenters. The second-order valence-corrected chi connectivity index (χ2v) is 6.81. The summed E-state index contributed by atoms with van der Waals surface area (Å²) in [6, 6.07) is 9.21. The lowest BCUT2D eigenvalue weighted by atomic mass is 10.1. The number of nitro groups is 1. The Kier molecular flexibility index (Phi) is 4.97. The summed E-state index contributed by atoms with van der Waals surface area (Å²) in [5, 5.41) is 24.0. The molecule has 0 saturated carbocycles. The van der Waals surface area contributed by atoms with Crippen molar-refractivity contribution in [2.45, 2.75) is 6.92 Å². The molecule has 1 saturated heterocycles. The number of nitrogens with one attached hydrogen (secondary N) is 1. The zero-order valence-electron chi connectivity index (χ0n) is 13.4. The van der Waals surface area contributed by atoms with Gasteiger partial charge >= 0.3 is 5.69 Å². The topological polar surface area (TPSA) is 105 Å². The number of aliphatic imine (C=N–C) groups is 1.